The molecule has 1 aromatic heterocycles. The van der Waals surface area contributed by atoms with Crippen LogP contribution in [0.3, 0.4) is 0 Å². The Labute approximate surface area is 107 Å². The maximum absolute atomic E-state index is 12.0. The zero-order valence-electron chi connectivity index (χ0n) is 10.7. The normalized spacial score (nSPS) is 13.9. The molecule has 1 atom stereocenters. The first-order chi connectivity index (χ1) is 7.86. The van der Waals surface area contributed by atoms with Gasteiger partial charge in [0.25, 0.3) is 0 Å². The molecular weight excluding hydrogens is 256 g/mol. The summed E-state index contributed by atoms with van der Waals surface area (Å²) >= 11 is 1.51. The van der Waals surface area contributed by atoms with Gasteiger partial charge in [0.2, 0.25) is 10.0 Å². The Morgan fingerprint density at radius 3 is 2.53 bits per heavy atom. The number of hydrogen-bond donors (Lipinski definition) is 2. The summed E-state index contributed by atoms with van der Waals surface area (Å²) in [4.78, 5) is 2.26. The highest BCUT2D eigenvalue weighted by Gasteiger charge is 2.19. The Hall–Kier alpha value is -0.430. The summed E-state index contributed by atoms with van der Waals surface area (Å²) in [5, 5.41) is 3.17. The second-order valence-electron chi connectivity index (χ2n) is 4.09. The van der Waals surface area contributed by atoms with Crippen molar-refractivity contribution in [3.05, 3.63) is 15.8 Å². The van der Waals surface area contributed by atoms with Crippen LogP contribution in [0.15, 0.2) is 11.0 Å². The zero-order chi connectivity index (χ0) is 13.1. The minimum Gasteiger partial charge on any atom is -0.313 e. The predicted octanol–water partition coefficient (Wildman–Crippen LogP) is 1.64. The molecule has 1 aromatic rings. The van der Waals surface area contributed by atoms with E-state index in [9.17, 15) is 8.42 Å². The minimum atomic E-state index is -3.36. The van der Waals surface area contributed by atoms with Crippen molar-refractivity contribution in [2.24, 2.45) is 0 Å². The molecule has 1 heterocycles. The Morgan fingerprint density at radius 1 is 1.41 bits per heavy atom. The van der Waals surface area contributed by atoms with E-state index in [0.717, 1.165) is 16.3 Å². The second-order valence-corrected chi connectivity index (χ2v) is 7.28. The molecule has 98 valence electrons. The van der Waals surface area contributed by atoms with Gasteiger partial charge in [-0.05, 0) is 33.4 Å². The molecule has 0 saturated carbocycles. The Balaban J connectivity index is 2.73. The number of likely N-dealkylation sites (N-methyl/N-ethyl adjacent to an activating group) is 1. The lowest BCUT2D eigenvalue weighted by Gasteiger charge is -2.13. The summed E-state index contributed by atoms with van der Waals surface area (Å²) in [5.74, 6) is 0. The van der Waals surface area contributed by atoms with Crippen molar-refractivity contribution in [1.82, 2.24) is 10.0 Å². The van der Waals surface area contributed by atoms with Crippen LogP contribution in [0, 0.1) is 13.8 Å². The lowest BCUT2D eigenvalue weighted by Crippen LogP contribution is -2.38. The third-order valence-corrected chi connectivity index (χ3v) is 5.06. The van der Waals surface area contributed by atoms with Crippen molar-refractivity contribution in [3.63, 3.8) is 0 Å². The molecule has 1 rings (SSSR count). The monoisotopic (exact) mass is 276 g/mol. The van der Waals surface area contributed by atoms with Crippen LogP contribution in [-0.4, -0.2) is 27.5 Å². The van der Waals surface area contributed by atoms with Crippen LogP contribution in [0.2, 0.25) is 0 Å². The third kappa shape index (κ3) is 4.06. The number of rotatable bonds is 6. The quantitative estimate of drug-likeness (QED) is 0.830. The first kappa shape index (κ1) is 14.6. The van der Waals surface area contributed by atoms with Crippen molar-refractivity contribution >= 4 is 21.4 Å². The molecule has 0 fully saturated rings. The minimum absolute atomic E-state index is 0.134. The van der Waals surface area contributed by atoms with Gasteiger partial charge in [0.05, 0.1) is 4.90 Å². The average molecular weight is 276 g/mol. The number of sulfonamides is 1. The van der Waals surface area contributed by atoms with E-state index in [1.807, 2.05) is 27.7 Å². The largest absolute Gasteiger partial charge is 0.313 e. The van der Waals surface area contributed by atoms with Gasteiger partial charge in [0, 0.05) is 22.3 Å². The fraction of sp³-hybridized carbons (Fsp3) is 0.636. The molecule has 0 amide bonds. The topological polar surface area (TPSA) is 58.2 Å². The van der Waals surface area contributed by atoms with Gasteiger partial charge in [-0.1, -0.05) is 6.92 Å². The number of nitrogens with one attached hydrogen (secondary N) is 2. The fourth-order valence-corrected chi connectivity index (χ4v) is 4.29. The molecule has 6 heteroatoms. The molecular formula is C11H20N2O2S2. The standard InChI is InChI=1S/C11H20N2O2S2/c1-5-12-8(2)7-13-17(14,15)11-6-9(3)16-10(11)4/h6,8,12-13H,5,7H2,1-4H3/t8-/m1/s1. The Kier molecular flexibility index (Phi) is 5.12. The molecule has 0 aliphatic rings. The summed E-state index contributed by atoms with van der Waals surface area (Å²) in [5.41, 5.74) is 0. The van der Waals surface area contributed by atoms with Crippen molar-refractivity contribution in [1.29, 1.82) is 0 Å². The van der Waals surface area contributed by atoms with Gasteiger partial charge in [-0.2, -0.15) is 0 Å². The van der Waals surface area contributed by atoms with Crippen LogP contribution < -0.4 is 10.0 Å². The van der Waals surface area contributed by atoms with Crippen LogP contribution in [-0.2, 0) is 10.0 Å². The first-order valence-corrected chi connectivity index (χ1v) is 7.97. The molecule has 4 nitrogen and oxygen atoms in total. The predicted molar refractivity (Wildman–Crippen MR) is 72.1 cm³/mol. The van der Waals surface area contributed by atoms with E-state index in [2.05, 4.69) is 10.0 Å². The van der Waals surface area contributed by atoms with Crippen LogP contribution in [0.5, 0.6) is 0 Å². The van der Waals surface area contributed by atoms with Crippen molar-refractivity contribution in [2.75, 3.05) is 13.1 Å². The summed E-state index contributed by atoms with van der Waals surface area (Å²) in [6.45, 7) is 8.94. The summed E-state index contributed by atoms with van der Waals surface area (Å²) in [6, 6.07) is 1.86. The van der Waals surface area contributed by atoms with Crippen molar-refractivity contribution < 1.29 is 8.42 Å². The second kappa shape index (κ2) is 5.95. The summed E-state index contributed by atoms with van der Waals surface area (Å²) in [7, 11) is -3.36. The molecule has 0 aliphatic carbocycles. The fourth-order valence-electron chi connectivity index (χ4n) is 1.61. The zero-order valence-corrected chi connectivity index (χ0v) is 12.3. The highest BCUT2D eigenvalue weighted by molar-refractivity contribution is 7.89. The van der Waals surface area contributed by atoms with E-state index in [1.165, 1.54) is 11.3 Å². The van der Waals surface area contributed by atoms with Gasteiger partial charge in [0.15, 0.2) is 0 Å². The van der Waals surface area contributed by atoms with Crippen LogP contribution >= 0.6 is 11.3 Å². The third-order valence-electron chi connectivity index (χ3n) is 2.42. The van der Waals surface area contributed by atoms with Gasteiger partial charge < -0.3 is 5.32 Å². The maximum Gasteiger partial charge on any atom is 0.241 e. The first-order valence-electron chi connectivity index (χ1n) is 5.67. The maximum atomic E-state index is 12.0. The van der Waals surface area contributed by atoms with E-state index >= 15 is 0 Å². The van der Waals surface area contributed by atoms with E-state index in [1.54, 1.807) is 6.07 Å². The molecule has 17 heavy (non-hydrogen) atoms. The van der Waals surface area contributed by atoms with Crippen LogP contribution in [0.4, 0.5) is 0 Å². The SMILES string of the molecule is CCN[C@H](C)CNS(=O)(=O)c1cc(C)sc1C. The van der Waals surface area contributed by atoms with Crippen LogP contribution in [0.1, 0.15) is 23.6 Å². The Morgan fingerprint density at radius 2 is 2.06 bits per heavy atom. The average Bonchev–Trinajstić information content (AvgIpc) is 2.56. The molecule has 0 bridgehead atoms. The lowest BCUT2D eigenvalue weighted by molar-refractivity contribution is 0.536. The van der Waals surface area contributed by atoms with Gasteiger partial charge in [-0.25, -0.2) is 13.1 Å². The highest BCUT2D eigenvalue weighted by atomic mass is 32.2. The van der Waals surface area contributed by atoms with Gasteiger partial charge in [-0.15, -0.1) is 11.3 Å². The molecule has 0 saturated heterocycles. The van der Waals surface area contributed by atoms with Gasteiger partial charge in [-0.3, -0.25) is 0 Å². The van der Waals surface area contributed by atoms with Gasteiger partial charge >= 0.3 is 0 Å². The molecule has 0 aliphatic heterocycles. The van der Waals surface area contributed by atoms with Crippen LogP contribution in [0.25, 0.3) is 0 Å². The number of thiophene rings is 1. The molecule has 2 N–H and O–H groups in total. The van der Waals surface area contributed by atoms with Gasteiger partial charge in [0.1, 0.15) is 0 Å². The number of hydrogen-bond acceptors (Lipinski definition) is 4. The van der Waals surface area contributed by atoms with E-state index < -0.39 is 10.0 Å². The number of aryl methyl sites for hydroxylation is 2. The Bertz CT molecular complexity index is 466. The van der Waals surface area contributed by atoms with E-state index in [4.69, 9.17) is 0 Å². The van der Waals surface area contributed by atoms with E-state index in [-0.39, 0.29) is 6.04 Å². The van der Waals surface area contributed by atoms with E-state index in [0.29, 0.717) is 11.4 Å². The molecule has 0 spiro atoms. The van der Waals surface area contributed by atoms with Crippen molar-refractivity contribution in [3.8, 4) is 0 Å². The lowest BCUT2D eigenvalue weighted by atomic mass is 10.3. The smallest absolute Gasteiger partial charge is 0.241 e. The van der Waals surface area contributed by atoms with Crippen molar-refractivity contribution in [2.45, 2.75) is 38.6 Å². The molecule has 0 radical (unpaired) electrons. The summed E-state index contributed by atoms with van der Waals surface area (Å²) < 4.78 is 26.7. The highest BCUT2D eigenvalue weighted by Crippen LogP contribution is 2.24. The molecule has 0 aromatic carbocycles. The summed E-state index contributed by atoms with van der Waals surface area (Å²) in [6.07, 6.45) is 0. The molecule has 0 unspecified atom stereocenters.